The van der Waals surface area contributed by atoms with E-state index in [9.17, 15) is 19.1 Å². The standard InChI is InChI=1S/C30H38ClFN2O4/c1-7-15-34(16-8-2)20-30(6,27(35)36)19-24(33-28(37)38-29(3,4)5)17-21-9-11-22(12-10-21)25-18-23(31)13-14-26(25)32/h7-14,18,24H,1-2,15-17,19-20H2,3-6H3,(H,33,37)(H,35,36)/t24-,30?/m1/s1. The molecular weight excluding hydrogens is 507 g/mol. The molecule has 0 fully saturated rings. The second kappa shape index (κ2) is 13.6. The summed E-state index contributed by atoms with van der Waals surface area (Å²) in [6.07, 6.45) is 3.31. The van der Waals surface area contributed by atoms with Gasteiger partial charge in [0, 0.05) is 36.3 Å². The molecule has 2 N–H and O–H groups in total. The van der Waals surface area contributed by atoms with E-state index < -0.39 is 29.1 Å². The number of amides is 1. The van der Waals surface area contributed by atoms with Crippen molar-refractivity contribution in [1.82, 2.24) is 10.2 Å². The van der Waals surface area contributed by atoms with Gasteiger partial charge in [-0.25, -0.2) is 9.18 Å². The van der Waals surface area contributed by atoms with Crippen molar-refractivity contribution in [2.24, 2.45) is 5.41 Å². The lowest BCUT2D eigenvalue weighted by Crippen LogP contribution is -2.48. The van der Waals surface area contributed by atoms with Crippen LogP contribution in [0, 0.1) is 11.2 Å². The van der Waals surface area contributed by atoms with Gasteiger partial charge in [-0.1, -0.05) is 48.0 Å². The van der Waals surface area contributed by atoms with E-state index in [1.54, 1.807) is 58.0 Å². The van der Waals surface area contributed by atoms with Gasteiger partial charge in [-0.05, 0) is 69.9 Å². The zero-order valence-corrected chi connectivity index (χ0v) is 23.4. The van der Waals surface area contributed by atoms with Crippen LogP contribution in [0.5, 0.6) is 0 Å². The Balaban J connectivity index is 2.33. The van der Waals surface area contributed by atoms with Gasteiger partial charge in [0.15, 0.2) is 0 Å². The number of carboxylic acids is 1. The molecule has 0 bridgehead atoms. The molecule has 2 rings (SSSR count). The molecule has 0 aliphatic carbocycles. The van der Waals surface area contributed by atoms with Crippen LogP contribution >= 0.6 is 11.6 Å². The lowest BCUT2D eigenvalue weighted by Gasteiger charge is -2.34. The van der Waals surface area contributed by atoms with E-state index in [1.165, 1.54) is 12.1 Å². The zero-order chi connectivity index (χ0) is 28.5. The summed E-state index contributed by atoms with van der Waals surface area (Å²) in [5.74, 6) is -1.36. The van der Waals surface area contributed by atoms with Gasteiger partial charge in [0.1, 0.15) is 11.4 Å². The molecule has 206 valence electrons. The summed E-state index contributed by atoms with van der Waals surface area (Å²) in [6, 6.07) is 11.1. The van der Waals surface area contributed by atoms with Crippen molar-refractivity contribution in [3.63, 3.8) is 0 Å². The summed E-state index contributed by atoms with van der Waals surface area (Å²) in [5, 5.41) is 13.5. The van der Waals surface area contributed by atoms with E-state index in [2.05, 4.69) is 18.5 Å². The summed E-state index contributed by atoms with van der Waals surface area (Å²) in [7, 11) is 0. The first-order valence-corrected chi connectivity index (χ1v) is 12.9. The number of halogens is 2. The van der Waals surface area contributed by atoms with Crippen molar-refractivity contribution < 1.29 is 23.8 Å². The number of nitrogens with one attached hydrogen (secondary N) is 1. The molecule has 8 heteroatoms. The Morgan fingerprint density at radius 1 is 1.11 bits per heavy atom. The van der Waals surface area contributed by atoms with Gasteiger partial charge in [-0.2, -0.15) is 0 Å². The number of nitrogens with zero attached hydrogens (tertiary/aromatic N) is 1. The van der Waals surface area contributed by atoms with Crippen molar-refractivity contribution in [3.8, 4) is 11.1 Å². The number of ether oxygens (including phenoxy) is 1. The van der Waals surface area contributed by atoms with Gasteiger partial charge >= 0.3 is 12.1 Å². The van der Waals surface area contributed by atoms with E-state index in [0.717, 1.165) is 5.56 Å². The number of alkyl carbamates (subject to hydrolysis) is 1. The quantitative estimate of drug-likeness (QED) is 0.273. The van der Waals surface area contributed by atoms with Gasteiger partial charge in [-0.15, -0.1) is 13.2 Å². The molecule has 0 aromatic heterocycles. The minimum absolute atomic E-state index is 0.150. The number of benzene rings is 2. The zero-order valence-electron chi connectivity index (χ0n) is 22.6. The Morgan fingerprint density at radius 2 is 1.71 bits per heavy atom. The summed E-state index contributed by atoms with van der Waals surface area (Å²) in [6.45, 7) is 15.7. The number of aliphatic carboxylic acids is 1. The van der Waals surface area contributed by atoms with Crippen LogP contribution < -0.4 is 5.32 Å². The second-order valence-electron chi connectivity index (χ2n) is 10.7. The SMILES string of the molecule is C=CCN(CC=C)CC(C)(C[C@@H](Cc1ccc(-c2cc(Cl)ccc2F)cc1)NC(=O)OC(C)(C)C)C(=O)O. The third kappa shape index (κ3) is 9.62. The van der Waals surface area contributed by atoms with Crippen molar-refractivity contribution in [2.75, 3.05) is 19.6 Å². The molecule has 0 heterocycles. The average molecular weight is 545 g/mol. The Kier molecular flexibility index (Phi) is 11.1. The van der Waals surface area contributed by atoms with Gasteiger partial charge in [0.25, 0.3) is 0 Å². The molecule has 2 aromatic carbocycles. The minimum atomic E-state index is -1.18. The molecule has 0 aliphatic heterocycles. The van der Waals surface area contributed by atoms with Crippen LogP contribution in [0.4, 0.5) is 9.18 Å². The topological polar surface area (TPSA) is 78.9 Å². The first-order chi connectivity index (χ1) is 17.8. The molecule has 0 aliphatic rings. The van der Waals surface area contributed by atoms with Gasteiger partial charge in [0.05, 0.1) is 5.41 Å². The lowest BCUT2D eigenvalue weighted by atomic mass is 9.81. The van der Waals surface area contributed by atoms with Gasteiger partial charge < -0.3 is 15.2 Å². The minimum Gasteiger partial charge on any atom is -0.481 e. The second-order valence-corrected chi connectivity index (χ2v) is 11.1. The highest BCUT2D eigenvalue weighted by Crippen LogP contribution is 2.29. The summed E-state index contributed by atoms with van der Waals surface area (Å²) in [5.41, 5.74) is -0.00649. The molecule has 0 saturated carbocycles. The van der Waals surface area contributed by atoms with Crippen LogP contribution in [0.15, 0.2) is 67.8 Å². The first kappa shape index (κ1) is 31.1. The third-order valence-corrected chi connectivity index (χ3v) is 6.19. The molecule has 0 spiro atoms. The predicted octanol–water partition coefficient (Wildman–Crippen LogP) is 6.74. The van der Waals surface area contributed by atoms with Crippen molar-refractivity contribution in [1.29, 1.82) is 0 Å². The molecule has 2 aromatic rings. The molecule has 6 nitrogen and oxygen atoms in total. The number of carbonyl (C=O) groups excluding carboxylic acids is 1. The molecule has 1 amide bonds. The van der Waals surface area contributed by atoms with Crippen LogP contribution in [-0.2, 0) is 16.0 Å². The lowest BCUT2D eigenvalue weighted by molar-refractivity contribution is -0.149. The monoisotopic (exact) mass is 544 g/mol. The molecular formula is C30H38ClFN2O4. The van der Waals surface area contributed by atoms with Crippen molar-refractivity contribution in [3.05, 3.63) is 84.2 Å². The van der Waals surface area contributed by atoms with E-state index in [4.69, 9.17) is 16.3 Å². The molecule has 2 atom stereocenters. The Bertz CT molecular complexity index is 1120. The van der Waals surface area contributed by atoms with Crippen LogP contribution in [0.1, 0.15) is 39.7 Å². The molecule has 1 unspecified atom stereocenters. The molecule has 38 heavy (non-hydrogen) atoms. The van der Waals surface area contributed by atoms with Crippen LogP contribution in [0.3, 0.4) is 0 Å². The fraction of sp³-hybridized carbons (Fsp3) is 0.400. The third-order valence-electron chi connectivity index (χ3n) is 5.96. The number of hydrogen-bond acceptors (Lipinski definition) is 4. The van der Waals surface area contributed by atoms with E-state index in [0.29, 0.717) is 35.7 Å². The van der Waals surface area contributed by atoms with E-state index in [-0.39, 0.29) is 18.8 Å². The van der Waals surface area contributed by atoms with Gasteiger partial charge in [0.2, 0.25) is 0 Å². The summed E-state index contributed by atoms with van der Waals surface area (Å²) >= 11 is 6.04. The highest BCUT2D eigenvalue weighted by Gasteiger charge is 2.38. The van der Waals surface area contributed by atoms with Crippen LogP contribution in [0.2, 0.25) is 5.02 Å². The predicted molar refractivity (Wildman–Crippen MR) is 151 cm³/mol. The first-order valence-electron chi connectivity index (χ1n) is 12.5. The maximum atomic E-state index is 14.3. The molecule has 0 saturated heterocycles. The van der Waals surface area contributed by atoms with Crippen LogP contribution in [0.25, 0.3) is 11.1 Å². The highest BCUT2D eigenvalue weighted by molar-refractivity contribution is 6.30. The van der Waals surface area contributed by atoms with E-state index >= 15 is 0 Å². The van der Waals surface area contributed by atoms with Crippen LogP contribution in [-0.4, -0.2) is 53.3 Å². The fourth-order valence-corrected chi connectivity index (χ4v) is 4.47. The number of carbonyl (C=O) groups is 2. The maximum Gasteiger partial charge on any atom is 0.407 e. The Morgan fingerprint density at radius 3 is 2.24 bits per heavy atom. The van der Waals surface area contributed by atoms with Crippen molar-refractivity contribution >= 4 is 23.7 Å². The maximum absolute atomic E-state index is 14.3. The average Bonchev–Trinajstić information content (AvgIpc) is 2.80. The highest BCUT2D eigenvalue weighted by atomic mass is 35.5. The Labute approximate surface area is 230 Å². The smallest absolute Gasteiger partial charge is 0.407 e. The number of hydrogen-bond donors (Lipinski definition) is 2. The summed E-state index contributed by atoms with van der Waals surface area (Å²) in [4.78, 5) is 27.1. The normalized spacial score (nSPS) is 13.9. The number of carboxylic acid groups (broad SMARTS) is 1. The summed E-state index contributed by atoms with van der Waals surface area (Å²) < 4.78 is 19.8. The largest absolute Gasteiger partial charge is 0.481 e. The van der Waals surface area contributed by atoms with Gasteiger partial charge in [-0.3, -0.25) is 9.69 Å². The fourth-order valence-electron chi connectivity index (χ4n) is 4.30. The molecule has 0 radical (unpaired) electrons. The number of rotatable bonds is 13. The van der Waals surface area contributed by atoms with Crippen molar-refractivity contribution in [2.45, 2.75) is 52.2 Å². The Hall–Kier alpha value is -3.16. The van der Waals surface area contributed by atoms with E-state index in [1.807, 2.05) is 17.0 Å².